The number of rotatable bonds is 3. The molecule has 0 spiro atoms. The van der Waals surface area contributed by atoms with Crippen LogP contribution in [0.25, 0.3) is 22.8 Å². The molecule has 0 fully saturated rings. The van der Waals surface area contributed by atoms with E-state index in [2.05, 4.69) is 34.2 Å². The SMILES string of the molecule is CCc1ccccc1-c1nc(-c2ccc(Cl)cc2)n[nH]1. The molecule has 1 heterocycles. The summed E-state index contributed by atoms with van der Waals surface area (Å²) in [7, 11) is 0. The van der Waals surface area contributed by atoms with E-state index in [9.17, 15) is 0 Å². The minimum absolute atomic E-state index is 0.683. The molecule has 0 aliphatic carbocycles. The van der Waals surface area contributed by atoms with Crippen molar-refractivity contribution in [1.82, 2.24) is 15.2 Å². The van der Waals surface area contributed by atoms with Crippen LogP contribution < -0.4 is 0 Å². The van der Waals surface area contributed by atoms with Crippen molar-refractivity contribution in [3.8, 4) is 22.8 Å². The number of nitrogens with zero attached hydrogens (tertiary/aromatic N) is 2. The summed E-state index contributed by atoms with van der Waals surface area (Å²) in [6.45, 7) is 2.13. The third kappa shape index (κ3) is 2.45. The summed E-state index contributed by atoms with van der Waals surface area (Å²) in [5.41, 5.74) is 3.31. The zero-order valence-electron chi connectivity index (χ0n) is 11.1. The lowest BCUT2D eigenvalue weighted by Gasteiger charge is -2.03. The summed E-state index contributed by atoms with van der Waals surface area (Å²) in [6, 6.07) is 15.7. The Hall–Kier alpha value is -2.13. The van der Waals surface area contributed by atoms with Crippen molar-refractivity contribution in [1.29, 1.82) is 0 Å². The highest BCUT2D eigenvalue weighted by molar-refractivity contribution is 6.30. The highest BCUT2D eigenvalue weighted by Crippen LogP contribution is 2.24. The molecule has 20 heavy (non-hydrogen) atoms. The van der Waals surface area contributed by atoms with Crippen molar-refractivity contribution in [3.63, 3.8) is 0 Å². The molecule has 3 aromatic rings. The Morgan fingerprint density at radius 2 is 1.80 bits per heavy atom. The smallest absolute Gasteiger partial charge is 0.181 e. The van der Waals surface area contributed by atoms with Gasteiger partial charge in [-0.05, 0) is 36.2 Å². The van der Waals surface area contributed by atoms with E-state index in [0.29, 0.717) is 10.8 Å². The van der Waals surface area contributed by atoms with Gasteiger partial charge in [0.05, 0.1) is 0 Å². The quantitative estimate of drug-likeness (QED) is 0.776. The zero-order valence-corrected chi connectivity index (χ0v) is 11.9. The van der Waals surface area contributed by atoms with Crippen LogP contribution in [0, 0.1) is 0 Å². The molecule has 0 radical (unpaired) electrons. The summed E-state index contributed by atoms with van der Waals surface area (Å²) < 4.78 is 0. The number of aromatic amines is 1. The Labute approximate surface area is 122 Å². The van der Waals surface area contributed by atoms with Gasteiger partial charge in [-0.25, -0.2) is 4.98 Å². The second-order valence-corrected chi connectivity index (χ2v) is 4.96. The van der Waals surface area contributed by atoms with Crippen molar-refractivity contribution < 1.29 is 0 Å². The lowest BCUT2D eigenvalue weighted by atomic mass is 10.1. The van der Waals surface area contributed by atoms with Gasteiger partial charge in [0.1, 0.15) is 0 Å². The third-order valence-electron chi connectivity index (χ3n) is 3.24. The van der Waals surface area contributed by atoms with Crippen molar-refractivity contribution in [2.24, 2.45) is 0 Å². The molecule has 3 nitrogen and oxygen atoms in total. The molecule has 1 N–H and O–H groups in total. The van der Waals surface area contributed by atoms with Gasteiger partial charge in [-0.15, -0.1) is 0 Å². The Morgan fingerprint density at radius 3 is 2.55 bits per heavy atom. The largest absolute Gasteiger partial charge is 0.259 e. The van der Waals surface area contributed by atoms with Crippen LogP contribution in [0.3, 0.4) is 0 Å². The molecule has 4 heteroatoms. The fourth-order valence-corrected chi connectivity index (χ4v) is 2.30. The van der Waals surface area contributed by atoms with Crippen molar-refractivity contribution in [3.05, 3.63) is 59.1 Å². The minimum Gasteiger partial charge on any atom is -0.259 e. The van der Waals surface area contributed by atoms with Gasteiger partial charge in [0.25, 0.3) is 0 Å². The number of benzene rings is 2. The van der Waals surface area contributed by atoms with Crippen LogP contribution in [0.1, 0.15) is 12.5 Å². The molecule has 1 aromatic heterocycles. The maximum absolute atomic E-state index is 5.89. The summed E-state index contributed by atoms with van der Waals surface area (Å²) in [5.74, 6) is 1.48. The Bertz CT molecular complexity index is 717. The van der Waals surface area contributed by atoms with Crippen LogP contribution in [0.5, 0.6) is 0 Å². The fourth-order valence-electron chi connectivity index (χ4n) is 2.17. The van der Waals surface area contributed by atoms with Crippen molar-refractivity contribution >= 4 is 11.6 Å². The Morgan fingerprint density at radius 1 is 1.05 bits per heavy atom. The number of H-pyrrole nitrogens is 1. The third-order valence-corrected chi connectivity index (χ3v) is 3.49. The van der Waals surface area contributed by atoms with Gasteiger partial charge in [0.2, 0.25) is 0 Å². The maximum Gasteiger partial charge on any atom is 0.181 e. The average molecular weight is 284 g/mol. The van der Waals surface area contributed by atoms with E-state index >= 15 is 0 Å². The van der Waals surface area contributed by atoms with Crippen LogP contribution >= 0.6 is 11.6 Å². The van der Waals surface area contributed by atoms with E-state index in [4.69, 9.17) is 11.6 Å². The van der Waals surface area contributed by atoms with E-state index < -0.39 is 0 Å². The normalized spacial score (nSPS) is 10.7. The van der Waals surface area contributed by atoms with Crippen LogP contribution in [0.15, 0.2) is 48.5 Å². The predicted molar refractivity (Wildman–Crippen MR) is 81.6 cm³/mol. The monoisotopic (exact) mass is 283 g/mol. The van der Waals surface area contributed by atoms with Gasteiger partial charge < -0.3 is 0 Å². The highest BCUT2D eigenvalue weighted by atomic mass is 35.5. The number of hydrogen-bond donors (Lipinski definition) is 1. The van der Waals surface area contributed by atoms with E-state index in [1.807, 2.05) is 36.4 Å². The van der Waals surface area contributed by atoms with Crippen molar-refractivity contribution in [2.75, 3.05) is 0 Å². The Kier molecular flexibility index (Phi) is 3.52. The van der Waals surface area contributed by atoms with Gasteiger partial charge in [-0.3, -0.25) is 5.10 Å². The molecular weight excluding hydrogens is 270 g/mol. The number of aromatic nitrogens is 3. The fraction of sp³-hybridized carbons (Fsp3) is 0.125. The van der Waals surface area contributed by atoms with E-state index in [1.54, 1.807) is 0 Å². The zero-order chi connectivity index (χ0) is 13.9. The molecule has 0 aliphatic rings. The van der Waals surface area contributed by atoms with Crippen molar-refractivity contribution in [2.45, 2.75) is 13.3 Å². The van der Waals surface area contributed by atoms with E-state index in [0.717, 1.165) is 23.4 Å². The number of hydrogen-bond acceptors (Lipinski definition) is 2. The molecule has 3 rings (SSSR count). The molecule has 0 aliphatic heterocycles. The lowest BCUT2D eigenvalue weighted by molar-refractivity contribution is 1.08. The summed E-state index contributed by atoms with van der Waals surface area (Å²) in [6.07, 6.45) is 0.965. The number of aryl methyl sites for hydroxylation is 1. The van der Waals surface area contributed by atoms with Gasteiger partial charge >= 0.3 is 0 Å². The predicted octanol–water partition coefficient (Wildman–Crippen LogP) is 4.35. The van der Waals surface area contributed by atoms with Gasteiger partial charge in [-0.2, -0.15) is 5.10 Å². The molecule has 0 unspecified atom stereocenters. The first kappa shape index (κ1) is 12.9. The first-order chi connectivity index (χ1) is 9.78. The number of nitrogens with one attached hydrogen (secondary N) is 1. The second kappa shape index (κ2) is 5.47. The van der Waals surface area contributed by atoms with Crippen LogP contribution in [0.4, 0.5) is 0 Å². The molecule has 0 bridgehead atoms. The summed E-state index contributed by atoms with van der Waals surface area (Å²) in [4.78, 5) is 4.58. The molecule has 0 amide bonds. The first-order valence-electron chi connectivity index (χ1n) is 6.54. The van der Waals surface area contributed by atoms with Gasteiger partial charge in [0.15, 0.2) is 11.6 Å². The topological polar surface area (TPSA) is 41.6 Å². The summed E-state index contributed by atoms with van der Waals surface area (Å²) in [5, 5.41) is 8.01. The maximum atomic E-state index is 5.89. The standard InChI is InChI=1S/C16H14ClN3/c1-2-11-5-3-4-6-14(11)16-18-15(19-20-16)12-7-9-13(17)10-8-12/h3-10H,2H2,1H3,(H,18,19,20). The minimum atomic E-state index is 0.683. The highest BCUT2D eigenvalue weighted by Gasteiger charge is 2.10. The average Bonchev–Trinajstić information content (AvgIpc) is 2.97. The number of halogens is 1. The molecule has 0 atom stereocenters. The first-order valence-corrected chi connectivity index (χ1v) is 6.92. The lowest BCUT2D eigenvalue weighted by Crippen LogP contribution is -1.88. The van der Waals surface area contributed by atoms with Crippen LogP contribution in [-0.2, 0) is 6.42 Å². The van der Waals surface area contributed by atoms with E-state index in [-0.39, 0.29) is 0 Å². The summed E-state index contributed by atoms with van der Waals surface area (Å²) >= 11 is 5.89. The van der Waals surface area contributed by atoms with Gasteiger partial charge in [-0.1, -0.05) is 42.8 Å². The van der Waals surface area contributed by atoms with Crippen LogP contribution in [0.2, 0.25) is 5.02 Å². The molecule has 2 aromatic carbocycles. The van der Waals surface area contributed by atoms with Crippen LogP contribution in [-0.4, -0.2) is 15.2 Å². The van der Waals surface area contributed by atoms with Gasteiger partial charge in [0, 0.05) is 16.1 Å². The van der Waals surface area contributed by atoms with E-state index in [1.165, 1.54) is 5.56 Å². The molecule has 0 saturated carbocycles. The second-order valence-electron chi connectivity index (χ2n) is 4.53. The molecule has 0 saturated heterocycles. The molecular formula is C16H14ClN3. The molecule has 100 valence electrons. The Balaban J connectivity index is 2.00.